The molecule has 1 aliphatic rings. The van der Waals surface area contributed by atoms with Crippen molar-refractivity contribution in [2.45, 2.75) is 19.6 Å². The molecule has 5 nitrogen and oxygen atoms in total. The topological polar surface area (TPSA) is 45.7 Å². The van der Waals surface area contributed by atoms with Crippen molar-refractivity contribution in [1.82, 2.24) is 14.8 Å². The van der Waals surface area contributed by atoms with Gasteiger partial charge in [-0.25, -0.2) is 4.98 Å². The van der Waals surface area contributed by atoms with Crippen LogP contribution in [0.4, 0.5) is 0 Å². The molecule has 0 radical (unpaired) electrons. The largest absolute Gasteiger partial charge is 0.368 e. The molecule has 0 bridgehead atoms. The predicted molar refractivity (Wildman–Crippen MR) is 94.9 cm³/mol. The monoisotopic (exact) mass is 345 g/mol. The third-order valence-electron chi connectivity index (χ3n) is 4.20. The van der Waals surface area contributed by atoms with Gasteiger partial charge in [-0.1, -0.05) is 29.8 Å². The van der Waals surface area contributed by atoms with Crippen molar-refractivity contribution < 1.29 is 9.53 Å². The number of benzene rings is 1. The van der Waals surface area contributed by atoms with Gasteiger partial charge in [0, 0.05) is 38.3 Å². The molecule has 0 spiro atoms. The Hall–Kier alpha value is -1.76. The molecule has 1 atom stereocenters. The van der Waals surface area contributed by atoms with E-state index in [9.17, 15) is 4.79 Å². The lowest BCUT2D eigenvalue weighted by molar-refractivity contribution is -0.133. The summed E-state index contributed by atoms with van der Waals surface area (Å²) >= 11 is 1.60. The van der Waals surface area contributed by atoms with Gasteiger partial charge in [0.05, 0.1) is 13.2 Å². The van der Waals surface area contributed by atoms with Gasteiger partial charge >= 0.3 is 0 Å². The van der Waals surface area contributed by atoms with Crippen LogP contribution in [0, 0.1) is 6.92 Å². The van der Waals surface area contributed by atoms with Gasteiger partial charge in [0.2, 0.25) is 5.91 Å². The second-order valence-electron chi connectivity index (χ2n) is 6.20. The van der Waals surface area contributed by atoms with Crippen molar-refractivity contribution in [3.05, 3.63) is 52.0 Å². The molecule has 128 valence electrons. The fourth-order valence-corrected chi connectivity index (χ4v) is 3.43. The highest BCUT2D eigenvalue weighted by atomic mass is 32.1. The smallest absolute Gasteiger partial charge is 0.236 e. The van der Waals surface area contributed by atoms with Crippen molar-refractivity contribution >= 4 is 17.2 Å². The second-order valence-corrected chi connectivity index (χ2v) is 7.13. The molecule has 1 fully saturated rings. The Morgan fingerprint density at radius 1 is 1.42 bits per heavy atom. The lowest BCUT2D eigenvalue weighted by Crippen LogP contribution is -2.44. The Bertz CT molecular complexity index is 657. The molecular formula is C18H23N3O2S. The number of aryl methyl sites for hydroxylation is 1. The molecule has 0 saturated carbocycles. The summed E-state index contributed by atoms with van der Waals surface area (Å²) in [5.74, 6) is 0.135. The fourth-order valence-electron chi connectivity index (χ4n) is 2.76. The fraction of sp³-hybridized carbons (Fsp3) is 0.444. The number of likely N-dealkylation sites (N-methyl/N-ethyl adjacent to an activating group) is 1. The minimum Gasteiger partial charge on any atom is -0.368 e. The van der Waals surface area contributed by atoms with Crippen molar-refractivity contribution in [3.63, 3.8) is 0 Å². The summed E-state index contributed by atoms with van der Waals surface area (Å²) in [6, 6.07) is 8.31. The molecular weight excluding hydrogens is 322 g/mol. The molecule has 2 aromatic rings. The van der Waals surface area contributed by atoms with Gasteiger partial charge < -0.3 is 9.64 Å². The number of amides is 1. The van der Waals surface area contributed by atoms with E-state index in [0.29, 0.717) is 19.7 Å². The maximum Gasteiger partial charge on any atom is 0.236 e. The second kappa shape index (κ2) is 7.88. The Morgan fingerprint density at radius 2 is 2.21 bits per heavy atom. The van der Waals surface area contributed by atoms with Crippen LogP contribution in [-0.4, -0.2) is 54.0 Å². The molecule has 1 aromatic carbocycles. The molecule has 0 aliphatic carbocycles. The minimum absolute atomic E-state index is 0.0195. The van der Waals surface area contributed by atoms with E-state index in [2.05, 4.69) is 41.1 Å². The number of nitrogens with zero attached hydrogens (tertiary/aromatic N) is 3. The number of ether oxygens (including phenoxy) is 1. The van der Waals surface area contributed by atoms with E-state index in [-0.39, 0.29) is 12.0 Å². The number of rotatable bonds is 5. The van der Waals surface area contributed by atoms with Crippen LogP contribution in [0.15, 0.2) is 35.8 Å². The molecule has 3 rings (SSSR count). The predicted octanol–water partition coefficient (Wildman–Crippen LogP) is 2.48. The molecule has 0 unspecified atom stereocenters. The highest BCUT2D eigenvalue weighted by molar-refractivity contribution is 7.09. The summed E-state index contributed by atoms with van der Waals surface area (Å²) in [5.41, 5.74) is 2.38. The van der Waals surface area contributed by atoms with Gasteiger partial charge in [-0.05, 0) is 12.5 Å². The first-order chi connectivity index (χ1) is 11.6. The lowest BCUT2D eigenvalue weighted by atomic mass is 10.1. The normalized spacial score (nSPS) is 18.5. The van der Waals surface area contributed by atoms with Crippen molar-refractivity contribution in [3.8, 4) is 0 Å². The zero-order valence-corrected chi connectivity index (χ0v) is 15.0. The number of hydrogen-bond acceptors (Lipinski definition) is 5. The Labute approximate surface area is 146 Å². The number of hydrogen-bond donors (Lipinski definition) is 0. The summed E-state index contributed by atoms with van der Waals surface area (Å²) < 4.78 is 5.78. The van der Waals surface area contributed by atoms with Crippen molar-refractivity contribution in [2.75, 3.05) is 33.3 Å². The van der Waals surface area contributed by atoms with E-state index in [1.54, 1.807) is 22.4 Å². The molecule has 6 heteroatoms. The van der Waals surface area contributed by atoms with E-state index in [1.807, 2.05) is 12.4 Å². The van der Waals surface area contributed by atoms with Crippen LogP contribution >= 0.6 is 11.3 Å². The minimum atomic E-state index is -0.0195. The van der Waals surface area contributed by atoms with Crippen LogP contribution < -0.4 is 0 Å². The molecule has 1 amide bonds. The van der Waals surface area contributed by atoms with Gasteiger partial charge in [-0.2, -0.15) is 0 Å². The number of carbonyl (C=O) groups excluding carboxylic acids is 1. The van der Waals surface area contributed by atoms with E-state index in [4.69, 9.17) is 4.74 Å². The summed E-state index contributed by atoms with van der Waals surface area (Å²) in [6.45, 7) is 5.27. The average Bonchev–Trinajstić information content (AvgIpc) is 3.12. The molecule has 1 saturated heterocycles. The molecule has 24 heavy (non-hydrogen) atoms. The average molecular weight is 345 g/mol. The number of morpholine rings is 1. The summed E-state index contributed by atoms with van der Waals surface area (Å²) in [6.07, 6.45) is 1.77. The summed E-state index contributed by atoms with van der Waals surface area (Å²) in [4.78, 5) is 20.8. The van der Waals surface area contributed by atoms with Gasteiger partial charge in [0.1, 0.15) is 11.1 Å². The SMILES string of the molecule is Cc1ccc(CN(C)C(=O)CN2CCO[C@H](c3nccs3)C2)cc1. The first-order valence-electron chi connectivity index (χ1n) is 8.14. The van der Waals surface area contributed by atoms with E-state index in [1.165, 1.54) is 5.56 Å². The Kier molecular flexibility index (Phi) is 5.60. The summed E-state index contributed by atoms with van der Waals surface area (Å²) in [7, 11) is 1.86. The lowest BCUT2D eigenvalue weighted by Gasteiger charge is -2.32. The third-order valence-corrected chi connectivity index (χ3v) is 5.07. The molecule has 0 N–H and O–H groups in total. The van der Waals surface area contributed by atoms with Crippen LogP contribution in [0.3, 0.4) is 0 Å². The van der Waals surface area contributed by atoms with Crippen LogP contribution in [0.2, 0.25) is 0 Å². The van der Waals surface area contributed by atoms with Crippen LogP contribution in [0.5, 0.6) is 0 Å². The zero-order valence-electron chi connectivity index (χ0n) is 14.1. The zero-order chi connectivity index (χ0) is 16.9. The standard InChI is InChI=1S/C18H23N3O2S/c1-14-3-5-15(6-4-14)11-20(2)17(22)13-21-8-9-23-16(12-21)18-19-7-10-24-18/h3-7,10,16H,8-9,11-13H2,1-2H3/t16-/m0/s1. The van der Waals surface area contributed by atoms with Gasteiger partial charge in [-0.3, -0.25) is 9.69 Å². The van der Waals surface area contributed by atoms with Gasteiger partial charge in [0.15, 0.2) is 0 Å². The van der Waals surface area contributed by atoms with Gasteiger partial charge in [-0.15, -0.1) is 11.3 Å². The maximum atomic E-state index is 12.5. The Morgan fingerprint density at radius 3 is 2.92 bits per heavy atom. The van der Waals surface area contributed by atoms with E-state index >= 15 is 0 Å². The summed E-state index contributed by atoms with van der Waals surface area (Å²) in [5, 5.41) is 2.94. The van der Waals surface area contributed by atoms with Crippen molar-refractivity contribution in [2.24, 2.45) is 0 Å². The number of carbonyl (C=O) groups is 1. The molecule has 1 aromatic heterocycles. The van der Waals surface area contributed by atoms with Crippen LogP contribution in [0.1, 0.15) is 22.2 Å². The van der Waals surface area contributed by atoms with Gasteiger partial charge in [0.25, 0.3) is 0 Å². The number of thiazole rings is 1. The maximum absolute atomic E-state index is 12.5. The third kappa shape index (κ3) is 4.41. The molecule has 1 aliphatic heterocycles. The van der Waals surface area contributed by atoms with Crippen LogP contribution in [0.25, 0.3) is 0 Å². The highest BCUT2D eigenvalue weighted by Gasteiger charge is 2.25. The van der Waals surface area contributed by atoms with E-state index in [0.717, 1.165) is 23.7 Å². The van der Waals surface area contributed by atoms with E-state index < -0.39 is 0 Å². The van der Waals surface area contributed by atoms with Crippen LogP contribution in [-0.2, 0) is 16.1 Å². The number of aromatic nitrogens is 1. The first-order valence-corrected chi connectivity index (χ1v) is 9.02. The molecule has 2 heterocycles. The first kappa shape index (κ1) is 17.1. The Balaban J connectivity index is 1.52. The quantitative estimate of drug-likeness (QED) is 0.835. The highest BCUT2D eigenvalue weighted by Crippen LogP contribution is 2.23. The van der Waals surface area contributed by atoms with Crippen molar-refractivity contribution in [1.29, 1.82) is 0 Å².